The van der Waals surface area contributed by atoms with Gasteiger partial charge in [-0.15, -0.1) is 0 Å². The summed E-state index contributed by atoms with van der Waals surface area (Å²) in [6.07, 6.45) is 0. The van der Waals surface area contributed by atoms with Crippen molar-refractivity contribution in [2.75, 3.05) is 19.6 Å². The third kappa shape index (κ3) is 2.80. The van der Waals surface area contributed by atoms with E-state index in [1.54, 1.807) is 4.90 Å². The van der Waals surface area contributed by atoms with Crippen molar-refractivity contribution in [3.8, 4) is 0 Å². The summed E-state index contributed by atoms with van der Waals surface area (Å²) < 4.78 is 26.6. The molecule has 1 fully saturated rings. The molecule has 1 aromatic rings. The molecule has 3 nitrogen and oxygen atoms in total. The fourth-order valence-corrected chi connectivity index (χ4v) is 2.63. The number of rotatable bonds is 1. The van der Waals surface area contributed by atoms with Gasteiger partial charge in [0.25, 0.3) is 5.91 Å². The van der Waals surface area contributed by atoms with Gasteiger partial charge in [0.05, 0.1) is 5.56 Å². The Bertz CT molecular complexity index is 481. The van der Waals surface area contributed by atoms with Crippen LogP contribution in [-0.4, -0.2) is 36.5 Å². The van der Waals surface area contributed by atoms with E-state index in [0.29, 0.717) is 23.2 Å². The molecule has 0 saturated carbocycles. The maximum atomic E-state index is 13.2. The molecular formula is C12H13F2IN2O. The van der Waals surface area contributed by atoms with Gasteiger partial charge in [-0.25, -0.2) is 8.78 Å². The number of benzene rings is 1. The van der Waals surface area contributed by atoms with Crippen LogP contribution in [0.4, 0.5) is 8.78 Å². The Labute approximate surface area is 118 Å². The molecule has 1 atom stereocenters. The zero-order valence-electron chi connectivity index (χ0n) is 9.84. The molecule has 1 heterocycles. The second-order valence-corrected chi connectivity index (χ2v) is 5.51. The van der Waals surface area contributed by atoms with Gasteiger partial charge in [0.1, 0.15) is 0 Å². The van der Waals surface area contributed by atoms with Gasteiger partial charge >= 0.3 is 0 Å². The van der Waals surface area contributed by atoms with E-state index in [-0.39, 0.29) is 17.5 Å². The summed E-state index contributed by atoms with van der Waals surface area (Å²) in [5.41, 5.74) is 0.226. The number of nitrogens with zero attached hydrogens (tertiary/aromatic N) is 1. The zero-order chi connectivity index (χ0) is 13.3. The van der Waals surface area contributed by atoms with E-state index < -0.39 is 11.6 Å². The Balaban J connectivity index is 2.25. The van der Waals surface area contributed by atoms with E-state index >= 15 is 0 Å². The van der Waals surface area contributed by atoms with Gasteiger partial charge in [0.15, 0.2) is 11.6 Å². The number of carbonyl (C=O) groups is 1. The lowest BCUT2D eigenvalue weighted by atomic mass is 10.1. The van der Waals surface area contributed by atoms with Crippen molar-refractivity contribution < 1.29 is 13.6 Å². The summed E-state index contributed by atoms with van der Waals surface area (Å²) in [5.74, 6) is -2.15. The highest BCUT2D eigenvalue weighted by Gasteiger charge is 2.24. The highest BCUT2D eigenvalue weighted by molar-refractivity contribution is 14.1. The van der Waals surface area contributed by atoms with Crippen LogP contribution in [-0.2, 0) is 0 Å². The standard InChI is InChI=1S/C12H13F2IN2O/c1-7-6-17(3-2-16-7)12(18)8-4-9(13)10(14)5-11(8)15/h4-5,7,16H,2-3,6H2,1H3. The van der Waals surface area contributed by atoms with E-state index in [4.69, 9.17) is 0 Å². The Hall–Kier alpha value is -0.760. The molecule has 1 N–H and O–H groups in total. The zero-order valence-corrected chi connectivity index (χ0v) is 12.0. The smallest absolute Gasteiger partial charge is 0.255 e. The van der Waals surface area contributed by atoms with Crippen LogP contribution in [0.3, 0.4) is 0 Å². The van der Waals surface area contributed by atoms with E-state index in [1.165, 1.54) is 0 Å². The summed E-state index contributed by atoms with van der Waals surface area (Å²) in [7, 11) is 0. The molecule has 0 bridgehead atoms. The third-order valence-corrected chi connectivity index (χ3v) is 3.79. The number of piperazine rings is 1. The number of nitrogens with one attached hydrogen (secondary N) is 1. The first-order valence-corrected chi connectivity index (χ1v) is 6.74. The summed E-state index contributed by atoms with van der Waals surface area (Å²) in [4.78, 5) is 13.9. The maximum absolute atomic E-state index is 13.2. The van der Waals surface area contributed by atoms with Gasteiger partial charge in [-0.2, -0.15) is 0 Å². The van der Waals surface area contributed by atoms with Crippen molar-refractivity contribution >= 4 is 28.5 Å². The maximum Gasteiger partial charge on any atom is 0.255 e. The van der Waals surface area contributed by atoms with E-state index in [0.717, 1.165) is 12.1 Å². The molecule has 1 unspecified atom stereocenters. The molecule has 1 aromatic carbocycles. The predicted octanol–water partition coefficient (Wildman–Crippen LogP) is 2.00. The van der Waals surface area contributed by atoms with Crippen LogP contribution in [0, 0.1) is 15.2 Å². The fraction of sp³-hybridized carbons (Fsp3) is 0.417. The van der Waals surface area contributed by atoms with Gasteiger partial charge in [-0.05, 0) is 41.6 Å². The lowest BCUT2D eigenvalue weighted by Crippen LogP contribution is -2.51. The second-order valence-electron chi connectivity index (χ2n) is 4.35. The molecular weight excluding hydrogens is 353 g/mol. The van der Waals surface area contributed by atoms with E-state index in [1.807, 2.05) is 29.5 Å². The monoisotopic (exact) mass is 366 g/mol. The van der Waals surface area contributed by atoms with Crippen molar-refractivity contribution in [1.29, 1.82) is 0 Å². The van der Waals surface area contributed by atoms with Crippen LogP contribution >= 0.6 is 22.6 Å². The van der Waals surface area contributed by atoms with Crippen LogP contribution in [0.25, 0.3) is 0 Å². The number of hydrogen-bond donors (Lipinski definition) is 1. The summed E-state index contributed by atoms with van der Waals surface area (Å²) >= 11 is 1.85. The molecule has 1 aliphatic heterocycles. The summed E-state index contributed by atoms with van der Waals surface area (Å²) in [6.45, 7) is 3.86. The molecule has 0 aromatic heterocycles. The lowest BCUT2D eigenvalue weighted by molar-refractivity contribution is 0.0707. The predicted molar refractivity (Wildman–Crippen MR) is 72.4 cm³/mol. The average Bonchev–Trinajstić information content (AvgIpc) is 2.33. The van der Waals surface area contributed by atoms with Crippen molar-refractivity contribution in [2.24, 2.45) is 0 Å². The SMILES string of the molecule is CC1CN(C(=O)c2cc(F)c(F)cc2I)CCN1. The molecule has 18 heavy (non-hydrogen) atoms. The minimum absolute atomic E-state index is 0.214. The first-order valence-electron chi connectivity index (χ1n) is 5.66. The Morgan fingerprint density at radius 1 is 1.44 bits per heavy atom. The van der Waals surface area contributed by atoms with Crippen molar-refractivity contribution in [1.82, 2.24) is 10.2 Å². The highest BCUT2D eigenvalue weighted by Crippen LogP contribution is 2.19. The molecule has 0 aliphatic carbocycles. The third-order valence-electron chi connectivity index (χ3n) is 2.90. The van der Waals surface area contributed by atoms with Crippen LogP contribution in [0.5, 0.6) is 0 Å². The lowest BCUT2D eigenvalue weighted by Gasteiger charge is -2.32. The molecule has 0 spiro atoms. The van der Waals surface area contributed by atoms with Crippen LogP contribution in [0.15, 0.2) is 12.1 Å². The number of halogens is 3. The van der Waals surface area contributed by atoms with Crippen LogP contribution in [0.2, 0.25) is 0 Å². The van der Waals surface area contributed by atoms with Gasteiger partial charge in [-0.1, -0.05) is 0 Å². The number of amides is 1. The Kier molecular flexibility index (Phi) is 4.16. The van der Waals surface area contributed by atoms with Crippen molar-refractivity contribution in [3.05, 3.63) is 32.9 Å². The van der Waals surface area contributed by atoms with Crippen LogP contribution in [0.1, 0.15) is 17.3 Å². The van der Waals surface area contributed by atoms with Crippen LogP contribution < -0.4 is 5.32 Å². The molecule has 1 aliphatic rings. The normalized spacial score (nSPS) is 20.0. The van der Waals surface area contributed by atoms with Gasteiger partial charge in [0, 0.05) is 29.2 Å². The molecule has 1 amide bonds. The fourth-order valence-electron chi connectivity index (χ4n) is 1.97. The molecule has 98 valence electrons. The number of carbonyl (C=O) groups excluding carboxylic acids is 1. The van der Waals surface area contributed by atoms with Gasteiger partial charge in [-0.3, -0.25) is 4.79 Å². The quantitative estimate of drug-likeness (QED) is 0.609. The first-order chi connectivity index (χ1) is 8.49. The molecule has 1 saturated heterocycles. The first kappa shape index (κ1) is 13.7. The summed E-state index contributed by atoms with van der Waals surface area (Å²) in [5, 5.41) is 3.22. The molecule has 2 rings (SSSR count). The van der Waals surface area contributed by atoms with E-state index in [2.05, 4.69) is 5.32 Å². The Morgan fingerprint density at radius 2 is 2.11 bits per heavy atom. The van der Waals surface area contributed by atoms with Gasteiger partial charge in [0.2, 0.25) is 0 Å². The highest BCUT2D eigenvalue weighted by atomic mass is 127. The second kappa shape index (κ2) is 5.48. The van der Waals surface area contributed by atoms with E-state index in [9.17, 15) is 13.6 Å². The topological polar surface area (TPSA) is 32.3 Å². The van der Waals surface area contributed by atoms with Gasteiger partial charge < -0.3 is 10.2 Å². The minimum atomic E-state index is -0.984. The molecule has 6 heteroatoms. The van der Waals surface area contributed by atoms with Crippen molar-refractivity contribution in [2.45, 2.75) is 13.0 Å². The Morgan fingerprint density at radius 3 is 2.78 bits per heavy atom. The average molecular weight is 366 g/mol. The largest absolute Gasteiger partial charge is 0.336 e. The van der Waals surface area contributed by atoms with Crippen molar-refractivity contribution in [3.63, 3.8) is 0 Å². The minimum Gasteiger partial charge on any atom is -0.336 e. The molecule has 0 radical (unpaired) electrons. The summed E-state index contributed by atoms with van der Waals surface area (Å²) in [6, 6.07) is 2.24. The number of hydrogen-bond acceptors (Lipinski definition) is 2.